The molecule has 0 bridgehead atoms. The molecule has 1 atom stereocenters. The van der Waals surface area contributed by atoms with Crippen molar-refractivity contribution in [2.24, 2.45) is 11.8 Å². The Balaban J connectivity index is 1.62. The third kappa shape index (κ3) is 1.60. The Morgan fingerprint density at radius 3 is 2.50 bits per heavy atom. The SMILES string of the molecule is CC[C@@H]1CCN(CC2CC2)C2(CC2)C1. The van der Waals surface area contributed by atoms with E-state index in [0.717, 1.165) is 17.4 Å². The van der Waals surface area contributed by atoms with E-state index >= 15 is 0 Å². The van der Waals surface area contributed by atoms with E-state index in [4.69, 9.17) is 0 Å². The van der Waals surface area contributed by atoms with Crippen LogP contribution in [0.15, 0.2) is 0 Å². The van der Waals surface area contributed by atoms with Crippen LogP contribution in [-0.4, -0.2) is 23.5 Å². The minimum absolute atomic E-state index is 0.724. The van der Waals surface area contributed by atoms with Crippen molar-refractivity contribution in [3.05, 3.63) is 0 Å². The van der Waals surface area contributed by atoms with Gasteiger partial charge >= 0.3 is 0 Å². The monoisotopic (exact) mass is 193 g/mol. The molecule has 0 unspecified atom stereocenters. The van der Waals surface area contributed by atoms with Gasteiger partial charge in [0.1, 0.15) is 0 Å². The fraction of sp³-hybridized carbons (Fsp3) is 1.00. The molecule has 2 saturated carbocycles. The summed E-state index contributed by atoms with van der Waals surface area (Å²) in [5.41, 5.74) is 0.724. The lowest BCUT2D eigenvalue weighted by atomic mass is 9.87. The van der Waals surface area contributed by atoms with Gasteiger partial charge in [0.2, 0.25) is 0 Å². The predicted octanol–water partition coefficient (Wildman–Crippen LogP) is 3.05. The van der Waals surface area contributed by atoms with Gasteiger partial charge in [-0.2, -0.15) is 0 Å². The fourth-order valence-electron chi connectivity index (χ4n) is 3.25. The summed E-state index contributed by atoms with van der Waals surface area (Å²) in [4.78, 5) is 2.86. The molecule has 1 heterocycles. The van der Waals surface area contributed by atoms with Gasteiger partial charge in [0.05, 0.1) is 0 Å². The van der Waals surface area contributed by atoms with Gasteiger partial charge in [-0.3, -0.25) is 4.90 Å². The van der Waals surface area contributed by atoms with E-state index in [-0.39, 0.29) is 0 Å². The minimum atomic E-state index is 0.724. The highest BCUT2D eigenvalue weighted by molar-refractivity contribution is 5.07. The van der Waals surface area contributed by atoms with E-state index in [1.54, 1.807) is 0 Å². The van der Waals surface area contributed by atoms with Crippen LogP contribution in [-0.2, 0) is 0 Å². The average Bonchev–Trinajstić information content (AvgIpc) is 3.05. The lowest BCUT2D eigenvalue weighted by Crippen LogP contribution is -2.45. The molecule has 80 valence electrons. The third-order valence-corrected chi connectivity index (χ3v) is 4.73. The number of hydrogen-bond acceptors (Lipinski definition) is 1. The van der Waals surface area contributed by atoms with Crippen molar-refractivity contribution >= 4 is 0 Å². The van der Waals surface area contributed by atoms with E-state index in [1.165, 1.54) is 58.0 Å². The van der Waals surface area contributed by atoms with E-state index < -0.39 is 0 Å². The molecule has 3 aliphatic rings. The van der Waals surface area contributed by atoms with Crippen molar-refractivity contribution in [3.8, 4) is 0 Å². The van der Waals surface area contributed by atoms with Gasteiger partial charge in [0, 0.05) is 12.1 Å². The average molecular weight is 193 g/mol. The van der Waals surface area contributed by atoms with Crippen molar-refractivity contribution in [2.75, 3.05) is 13.1 Å². The first-order chi connectivity index (χ1) is 6.82. The number of piperidine rings is 1. The quantitative estimate of drug-likeness (QED) is 0.666. The predicted molar refractivity (Wildman–Crippen MR) is 59.3 cm³/mol. The van der Waals surface area contributed by atoms with Gasteiger partial charge in [-0.1, -0.05) is 13.3 Å². The fourth-order valence-corrected chi connectivity index (χ4v) is 3.25. The number of hydrogen-bond donors (Lipinski definition) is 0. The molecule has 2 aliphatic carbocycles. The van der Waals surface area contributed by atoms with Crippen LogP contribution in [0.1, 0.15) is 51.9 Å². The Bertz CT molecular complexity index is 215. The first kappa shape index (κ1) is 9.21. The summed E-state index contributed by atoms with van der Waals surface area (Å²) in [7, 11) is 0. The van der Waals surface area contributed by atoms with Crippen LogP contribution in [0.4, 0.5) is 0 Å². The Kier molecular flexibility index (Phi) is 2.12. The Morgan fingerprint density at radius 2 is 1.93 bits per heavy atom. The number of rotatable bonds is 3. The normalized spacial score (nSPS) is 36.2. The summed E-state index contributed by atoms with van der Waals surface area (Å²) in [5.74, 6) is 2.14. The minimum Gasteiger partial charge on any atom is -0.297 e. The molecule has 1 nitrogen and oxygen atoms in total. The van der Waals surface area contributed by atoms with E-state index in [0.29, 0.717) is 0 Å². The molecule has 0 N–H and O–H groups in total. The standard InChI is InChI=1S/C13H23N/c1-2-11-5-8-14(10-12-3-4-12)13(9-11)6-7-13/h11-12H,2-10H2,1H3/t11-/m1/s1. The van der Waals surface area contributed by atoms with Gasteiger partial charge in [-0.15, -0.1) is 0 Å². The van der Waals surface area contributed by atoms with Gasteiger partial charge in [0.15, 0.2) is 0 Å². The second kappa shape index (κ2) is 3.23. The molecule has 0 aromatic carbocycles. The molecule has 0 aromatic rings. The molecule has 1 saturated heterocycles. The molecule has 0 aromatic heterocycles. The van der Waals surface area contributed by atoms with Crippen molar-refractivity contribution in [1.82, 2.24) is 4.90 Å². The third-order valence-electron chi connectivity index (χ3n) is 4.73. The molecule has 1 spiro atoms. The van der Waals surface area contributed by atoms with Crippen molar-refractivity contribution in [3.63, 3.8) is 0 Å². The lowest BCUT2D eigenvalue weighted by Gasteiger charge is -2.40. The maximum absolute atomic E-state index is 2.86. The lowest BCUT2D eigenvalue weighted by molar-refractivity contribution is 0.0874. The molecule has 14 heavy (non-hydrogen) atoms. The molecular weight excluding hydrogens is 170 g/mol. The zero-order valence-electron chi connectivity index (χ0n) is 9.47. The van der Waals surface area contributed by atoms with Gasteiger partial charge in [-0.05, 0) is 56.9 Å². The van der Waals surface area contributed by atoms with Crippen LogP contribution in [0.5, 0.6) is 0 Å². The topological polar surface area (TPSA) is 3.24 Å². The van der Waals surface area contributed by atoms with Gasteiger partial charge in [-0.25, -0.2) is 0 Å². The highest BCUT2D eigenvalue weighted by atomic mass is 15.2. The Morgan fingerprint density at radius 1 is 1.14 bits per heavy atom. The molecule has 0 radical (unpaired) electrons. The smallest absolute Gasteiger partial charge is 0.0213 e. The Hall–Kier alpha value is -0.0400. The van der Waals surface area contributed by atoms with Gasteiger partial charge < -0.3 is 0 Å². The number of nitrogens with zero attached hydrogens (tertiary/aromatic N) is 1. The zero-order chi connectivity index (χ0) is 9.60. The molecular formula is C13H23N. The van der Waals surface area contributed by atoms with Crippen LogP contribution >= 0.6 is 0 Å². The summed E-state index contributed by atoms with van der Waals surface area (Å²) in [6.07, 6.45) is 10.5. The first-order valence-electron chi connectivity index (χ1n) is 6.57. The first-order valence-corrected chi connectivity index (χ1v) is 6.57. The summed E-state index contributed by atoms with van der Waals surface area (Å²) in [6.45, 7) is 5.22. The molecule has 1 heteroatoms. The van der Waals surface area contributed by atoms with Crippen LogP contribution in [0.3, 0.4) is 0 Å². The van der Waals surface area contributed by atoms with Crippen LogP contribution in [0, 0.1) is 11.8 Å². The Labute approximate surface area is 87.9 Å². The molecule has 3 fully saturated rings. The van der Waals surface area contributed by atoms with Crippen molar-refractivity contribution < 1.29 is 0 Å². The second-order valence-electron chi connectivity index (χ2n) is 5.88. The van der Waals surface area contributed by atoms with Gasteiger partial charge in [0.25, 0.3) is 0 Å². The highest BCUT2D eigenvalue weighted by Crippen LogP contribution is 2.51. The van der Waals surface area contributed by atoms with Crippen LogP contribution in [0.2, 0.25) is 0 Å². The molecule has 3 rings (SSSR count). The summed E-state index contributed by atoms with van der Waals surface area (Å²) < 4.78 is 0. The van der Waals surface area contributed by atoms with E-state index in [1.807, 2.05) is 0 Å². The summed E-state index contributed by atoms with van der Waals surface area (Å²) >= 11 is 0. The van der Waals surface area contributed by atoms with Crippen LogP contribution in [0.25, 0.3) is 0 Å². The van der Waals surface area contributed by atoms with E-state index in [9.17, 15) is 0 Å². The summed E-state index contributed by atoms with van der Waals surface area (Å²) in [6, 6.07) is 0. The zero-order valence-corrected chi connectivity index (χ0v) is 9.47. The van der Waals surface area contributed by atoms with Crippen LogP contribution < -0.4 is 0 Å². The van der Waals surface area contributed by atoms with E-state index in [2.05, 4.69) is 11.8 Å². The summed E-state index contributed by atoms with van der Waals surface area (Å²) in [5, 5.41) is 0. The van der Waals surface area contributed by atoms with Crippen molar-refractivity contribution in [2.45, 2.75) is 57.4 Å². The largest absolute Gasteiger partial charge is 0.297 e. The second-order valence-corrected chi connectivity index (χ2v) is 5.88. The molecule has 0 amide bonds. The highest BCUT2D eigenvalue weighted by Gasteiger charge is 2.51. The maximum Gasteiger partial charge on any atom is 0.0213 e. The number of likely N-dealkylation sites (tertiary alicyclic amines) is 1. The van der Waals surface area contributed by atoms with Crippen molar-refractivity contribution in [1.29, 1.82) is 0 Å². The maximum atomic E-state index is 2.86. The molecule has 1 aliphatic heterocycles.